The van der Waals surface area contributed by atoms with Crippen molar-refractivity contribution < 1.29 is 14.4 Å². The lowest BCUT2D eigenvalue weighted by Crippen LogP contribution is -2.30. The van der Waals surface area contributed by atoms with E-state index >= 15 is 0 Å². The fraction of sp³-hybridized carbons (Fsp3) is 0.286. The molecule has 0 aliphatic carbocycles. The number of amides is 3. The molecule has 0 aromatic heterocycles. The predicted octanol–water partition coefficient (Wildman–Crippen LogP) is 4.24. The third-order valence-corrected chi connectivity index (χ3v) is 5.49. The fourth-order valence-electron chi connectivity index (χ4n) is 2.89. The molecule has 5 nitrogen and oxygen atoms in total. The first-order valence-corrected chi connectivity index (χ1v) is 9.95. The van der Waals surface area contributed by atoms with E-state index in [-0.39, 0.29) is 24.1 Å². The number of anilines is 2. The third kappa shape index (κ3) is 4.77. The highest BCUT2D eigenvalue weighted by molar-refractivity contribution is 8.00. The maximum absolute atomic E-state index is 12.7. The molecule has 27 heavy (non-hydrogen) atoms. The Morgan fingerprint density at radius 1 is 1.11 bits per heavy atom. The Labute approximate surface area is 163 Å². The molecular weight excluding hydrogens is 360 g/mol. The number of nitrogens with one attached hydrogen (secondary N) is 1. The second-order valence-corrected chi connectivity index (χ2v) is 7.67. The molecule has 0 unspecified atom stereocenters. The molecule has 3 rings (SSSR count). The first-order chi connectivity index (χ1) is 13.1. The topological polar surface area (TPSA) is 66.5 Å². The van der Waals surface area contributed by atoms with Gasteiger partial charge in [-0.15, -0.1) is 11.8 Å². The Balaban J connectivity index is 1.61. The van der Waals surface area contributed by atoms with Gasteiger partial charge in [0.25, 0.3) is 0 Å². The van der Waals surface area contributed by atoms with E-state index in [1.807, 2.05) is 49.4 Å². The van der Waals surface area contributed by atoms with Crippen LogP contribution in [0.4, 0.5) is 11.4 Å². The van der Waals surface area contributed by atoms with Gasteiger partial charge in [-0.25, -0.2) is 4.90 Å². The summed E-state index contributed by atoms with van der Waals surface area (Å²) in [5, 5.41) is 2.44. The number of unbranched alkanes of at least 4 members (excludes halogenated alkanes) is 1. The van der Waals surface area contributed by atoms with E-state index in [4.69, 9.17) is 0 Å². The summed E-state index contributed by atoms with van der Waals surface area (Å²) >= 11 is 1.38. The van der Waals surface area contributed by atoms with Crippen LogP contribution in [-0.2, 0) is 14.4 Å². The van der Waals surface area contributed by atoms with Crippen LogP contribution in [0.5, 0.6) is 0 Å². The Morgan fingerprint density at radius 2 is 1.81 bits per heavy atom. The van der Waals surface area contributed by atoms with Gasteiger partial charge in [-0.2, -0.15) is 0 Å². The standard InChI is InChI=1S/C21H22N2O3S/c1-2-3-9-19(24)22-15-10-12-17(13-11-15)27-18-14-20(25)23(21(18)26)16-7-5-4-6-8-16/h4-8,10-13,18H,2-3,9,14H2,1H3,(H,22,24)/t18-/m0/s1. The van der Waals surface area contributed by atoms with Crippen molar-refractivity contribution in [1.82, 2.24) is 0 Å². The SMILES string of the molecule is CCCCC(=O)Nc1ccc(S[C@H]2CC(=O)N(c3ccccc3)C2=O)cc1. The minimum Gasteiger partial charge on any atom is -0.326 e. The van der Waals surface area contributed by atoms with Crippen molar-refractivity contribution in [3.05, 3.63) is 54.6 Å². The van der Waals surface area contributed by atoms with Crippen LogP contribution in [0.3, 0.4) is 0 Å². The van der Waals surface area contributed by atoms with Crippen LogP contribution in [-0.4, -0.2) is 23.0 Å². The van der Waals surface area contributed by atoms with Gasteiger partial charge in [-0.1, -0.05) is 31.5 Å². The van der Waals surface area contributed by atoms with Crippen molar-refractivity contribution >= 4 is 40.9 Å². The first-order valence-electron chi connectivity index (χ1n) is 9.07. The highest BCUT2D eigenvalue weighted by Crippen LogP contribution is 2.34. The minimum atomic E-state index is -0.428. The van der Waals surface area contributed by atoms with Crippen LogP contribution in [0.25, 0.3) is 0 Å². The molecule has 1 fully saturated rings. The molecule has 1 aliphatic heterocycles. The van der Waals surface area contributed by atoms with E-state index in [2.05, 4.69) is 5.32 Å². The monoisotopic (exact) mass is 382 g/mol. The molecule has 0 spiro atoms. The second kappa shape index (κ2) is 8.86. The molecule has 140 valence electrons. The first kappa shape index (κ1) is 19.2. The second-order valence-electron chi connectivity index (χ2n) is 6.39. The van der Waals surface area contributed by atoms with Crippen molar-refractivity contribution in [2.45, 2.75) is 42.8 Å². The van der Waals surface area contributed by atoms with Gasteiger partial charge in [0.15, 0.2) is 0 Å². The summed E-state index contributed by atoms with van der Waals surface area (Å²) in [7, 11) is 0. The molecule has 1 heterocycles. The molecule has 1 N–H and O–H groups in total. The molecule has 6 heteroatoms. The number of rotatable bonds is 7. The van der Waals surface area contributed by atoms with E-state index in [0.29, 0.717) is 12.1 Å². The number of benzene rings is 2. The average molecular weight is 382 g/mol. The maximum Gasteiger partial charge on any atom is 0.247 e. The van der Waals surface area contributed by atoms with Gasteiger partial charge in [0.2, 0.25) is 17.7 Å². The summed E-state index contributed by atoms with van der Waals surface area (Å²) in [4.78, 5) is 38.9. The third-order valence-electron chi connectivity index (χ3n) is 4.29. The van der Waals surface area contributed by atoms with Crippen molar-refractivity contribution in [2.75, 3.05) is 10.2 Å². The fourth-order valence-corrected chi connectivity index (χ4v) is 3.94. The molecule has 1 saturated heterocycles. The Morgan fingerprint density at radius 3 is 2.48 bits per heavy atom. The molecule has 1 aliphatic rings. The van der Waals surface area contributed by atoms with E-state index in [9.17, 15) is 14.4 Å². The zero-order valence-corrected chi connectivity index (χ0v) is 16.0. The van der Waals surface area contributed by atoms with Gasteiger partial charge < -0.3 is 5.32 Å². The van der Waals surface area contributed by atoms with Crippen LogP contribution in [0.15, 0.2) is 59.5 Å². The lowest BCUT2D eigenvalue weighted by atomic mass is 10.2. The molecule has 3 amide bonds. The number of para-hydroxylation sites is 1. The smallest absolute Gasteiger partial charge is 0.247 e. The number of carbonyl (C=O) groups is 3. The molecule has 0 bridgehead atoms. The Kier molecular flexibility index (Phi) is 6.29. The number of imide groups is 1. The average Bonchev–Trinajstić information content (AvgIpc) is 2.95. The Hall–Kier alpha value is -2.60. The van der Waals surface area contributed by atoms with E-state index < -0.39 is 5.25 Å². The summed E-state index contributed by atoms with van der Waals surface area (Å²) in [6, 6.07) is 16.4. The van der Waals surface area contributed by atoms with Crippen molar-refractivity contribution in [2.24, 2.45) is 0 Å². The summed E-state index contributed by atoms with van der Waals surface area (Å²) in [5.74, 6) is -0.357. The summed E-state index contributed by atoms with van der Waals surface area (Å²) in [6.45, 7) is 2.05. The van der Waals surface area contributed by atoms with Crippen molar-refractivity contribution in [3.8, 4) is 0 Å². The summed E-state index contributed by atoms with van der Waals surface area (Å²) in [5.41, 5.74) is 1.35. The van der Waals surface area contributed by atoms with Crippen LogP contribution < -0.4 is 10.2 Å². The number of nitrogens with zero attached hydrogens (tertiary/aromatic N) is 1. The minimum absolute atomic E-state index is 0.00678. The molecule has 0 saturated carbocycles. The molecule has 2 aromatic rings. The molecule has 0 radical (unpaired) electrons. The quantitative estimate of drug-likeness (QED) is 0.728. The zero-order chi connectivity index (χ0) is 19.2. The molecular formula is C21H22N2O3S. The highest BCUT2D eigenvalue weighted by Gasteiger charge is 2.39. The van der Waals surface area contributed by atoms with E-state index in [1.54, 1.807) is 12.1 Å². The number of thioether (sulfide) groups is 1. The zero-order valence-electron chi connectivity index (χ0n) is 15.2. The normalized spacial score (nSPS) is 16.6. The van der Waals surface area contributed by atoms with Crippen LogP contribution in [0, 0.1) is 0 Å². The van der Waals surface area contributed by atoms with Gasteiger partial charge in [0.1, 0.15) is 0 Å². The maximum atomic E-state index is 12.7. The van der Waals surface area contributed by atoms with Crippen LogP contribution in [0.2, 0.25) is 0 Å². The lowest BCUT2D eigenvalue weighted by Gasteiger charge is -2.14. The predicted molar refractivity (Wildman–Crippen MR) is 108 cm³/mol. The van der Waals surface area contributed by atoms with Gasteiger partial charge in [-0.3, -0.25) is 14.4 Å². The lowest BCUT2D eigenvalue weighted by molar-refractivity contribution is -0.121. The number of hydrogen-bond acceptors (Lipinski definition) is 4. The largest absolute Gasteiger partial charge is 0.326 e. The van der Waals surface area contributed by atoms with Gasteiger partial charge in [-0.05, 0) is 42.8 Å². The van der Waals surface area contributed by atoms with Crippen LogP contribution in [0.1, 0.15) is 32.6 Å². The number of hydrogen-bond donors (Lipinski definition) is 1. The van der Waals surface area contributed by atoms with Gasteiger partial charge in [0, 0.05) is 23.4 Å². The van der Waals surface area contributed by atoms with Gasteiger partial charge in [0.05, 0.1) is 10.9 Å². The van der Waals surface area contributed by atoms with E-state index in [1.165, 1.54) is 16.7 Å². The van der Waals surface area contributed by atoms with Gasteiger partial charge >= 0.3 is 0 Å². The van der Waals surface area contributed by atoms with Crippen molar-refractivity contribution in [3.63, 3.8) is 0 Å². The summed E-state index contributed by atoms with van der Waals surface area (Å²) < 4.78 is 0. The van der Waals surface area contributed by atoms with Crippen molar-refractivity contribution in [1.29, 1.82) is 0 Å². The highest BCUT2D eigenvalue weighted by atomic mass is 32.2. The molecule has 1 atom stereocenters. The molecule has 2 aromatic carbocycles. The van der Waals surface area contributed by atoms with Crippen LogP contribution >= 0.6 is 11.8 Å². The summed E-state index contributed by atoms with van der Waals surface area (Å²) in [6.07, 6.45) is 2.56. The number of carbonyl (C=O) groups excluding carboxylic acids is 3. The van der Waals surface area contributed by atoms with E-state index in [0.717, 1.165) is 23.4 Å². The Bertz CT molecular complexity index is 821.